The van der Waals surface area contributed by atoms with Gasteiger partial charge < -0.3 is 10.4 Å². The predicted octanol–water partition coefficient (Wildman–Crippen LogP) is 4.35. The van der Waals surface area contributed by atoms with Crippen LogP contribution in [0.25, 0.3) is 10.6 Å². The average Bonchev–Trinajstić information content (AvgIpc) is 3.16. The monoisotopic (exact) mass is 370 g/mol. The van der Waals surface area contributed by atoms with E-state index < -0.39 is 17.8 Å². The molecule has 0 bridgehead atoms. The van der Waals surface area contributed by atoms with Gasteiger partial charge in [0.1, 0.15) is 0 Å². The van der Waals surface area contributed by atoms with Gasteiger partial charge in [-0.05, 0) is 25.0 Å². The van der Waals surface area contributed by atoms with E-state index in [0.717, 1.165) is 23.4 Å². The highest BCUT2D eigenvalue weighted by atomic mass is 35.5. The number of hydrogen-bond acceptors (Lipinski definition) is 5. The Kier molecular flexibility index (Phi) is 4.99. The Morgan fingerprint density at radius 3 is 2.65 bits per heavy atom. The lowest BCUT2D eigenvalue weighted by molar-refractivity contribution is -0.147. The van der Waals surface area contributed by atoms with E-state index in [2.05, 4.69) is 10.3 Å². The maximum atomic E-state index is 12.4. The van der Waals surface area contributed by atoms with Crippen LogP contribution < -0.4 is 5.32 Å². The fourth-order valence-corrected chi connectivity index (χ4v) is 4.63. The zero-order valence-electron chi connectivity index (χ0n) is 12.1. The minimum atomic E-state index is -0.891. The van der Waals surface area contributed by atoms with Gasteiger partial charge in [0.15, 0.2) is 5.13 Å². The molecule has 2 heterocycles. The molecule has 1 aliphatic rings. The summed E-state index contributed by atoms with van der Waals surface area (Å²) in [7, 11) is 0. The first-order valence-corrected chi connectivity index (χ1v) is 9.37. The Hall–Kier alpha value is -1.44. The van der Waals surface area contributed by atoms with E-state index in [1.807, 2.05) is 11.4 Å². The fourth-order valence-electron chi connectivity index (χ4n) is 2.83. The number of carbonyl (C=O) groups excluding carboxylic acids is 1. The second-order valence-corrected chi connectivity index (χ2v) is 8.04. The van der Waals surface area contributed by atoms with Crippen molar-refractivity contribution in [2.75, 3.05) is 5.32 Å². The van der Waals surface area contributed by atoms with Gasteiger partial charge in [-0.25, -0.2) is 4.98 Å². The molecule has 2 atom stereocenters. The third-order valence-corrected chi connectivity index (χ3v) is 5.99. The Morgan fingerprint density at radius 1 is 1.26 bits per heavy atom. The number of halogens is 1. The molecule has 0 aliphatic heterocycles. The minimum Gasteiger partial charge on any atom is -0.481 e. The van der Waals surface area contributed by atoms with Crippen LogP contribution in [0.5, 0.6) is 0 Å². The normalized spacial score (nSPS) is 21.1. The molecule has 1 saturated carbocycles. The number of anilines is 1. The minimum absolute atomic E-state index is 0.248. The Bertz CT molecular complexity index is 728. The molecule has 5 nitrogen and oxygen atoms in total. The van der Waals surface area contributed by atoms with E-state index >= 15 is 0 Å². The summed E-state index contributed by atoms with van der Waals surface area (Å²) in [5.74, 6) is -2.22. The fraction of sp³-hybridized carbons (Fsp3) is 0.400. The number of amides is 1. The van der Waals surface area contributed by atoms with Crippen LogP contribution in [0, 0.1) is 11.8 Å². The number of rotatable bonds is 4. The highest BCUT2D eigenvalue weighted by Crippen LogP contribution is 2.34. The lowest BCUT2D eigenvalue weighted by Crippen LogP contribution is -2.36. The highest BCUT2D eigenvalue weighted by Gasteiger charge is 2.35. The number of carbonyl (C=O) groups is 2. The van der Waals surface area contributed by atoms with Crippen LogP contribution in [-0.4, -0.2) is 22.0 Å². The summed E-state index contributed by atoms with van der Waals surface area (Å²) in [5, 5.41) is 14.4. The number of aliphatic carboxylic acids is 1. The molecule has 0 unspecified atom stereocenters. The molecule has 23 heavy (non-hydrogen) atoms. The quantitative estimate of drug-likeness (QED) is 0.838. The van der Waals surface area contributed by atoms with Crippen molar-refractivity contribution in [3.63, 3.8) is 0 Å². The van der Waals surface area contributed by atoms with Crippen molar-refractivity contribution in [3.8, 4) is 10.6 Å². The molecule has 1 fully saturated rings. The number of thiazole rings is 1. The Morgan fingerprint density at radius 2 is 2.00 bits per heavy atom. The van der Waals surface area contributed by atoms with E-state index in [1.165, 1.54) is 22.7 Å². The summed E-state index contributed by atoms with van der Waals surface area (Å²) >= 11 is 8.67. The first-order chi connectivity index (χ1) is 11.0. The molecular weight excluding hydrogens is 356 g/mol. The van der Waals surface area contributed by atoms with Gasteiger partial charge in [-0.2, -0.15) is 0 Å². The van der Waals surface area contributed by atoms with Crippen LogP contribution in [0.2, 0.25) is 4.34 Å². The number of hydrogen-bond donors (Lipinski definition) is 2. The molecular formula is C15H15ClN2O3S2. The number of carboxylic acid groups (broad SMARTS) is 1. The molecule has 2 aromatic rings. The first kappa shape index (κ1) is 16.4. The van der Waals surface area contributed by atoms with Gasteiger partial charge in [-0.3, -0.25) is 9.59 Å². The Labute approximate surface area is 146 Å². The largest absolute Gasteiger partial charge is 0.481 e. The summed E-state index contributed by atoms with van der Waals surface area (Å²) in [6, 6.07) is 3.69. The molecule has 122 valence electrons. The van der Waals surface area contributed by atoms with E-state index in [-0.39, 0.29) is 5.91 Å². The SMILES string of the molecule is O=C(O)[C@H]1CCCC[C@H]1C(=O)Nc1nc(-c2ccc(Cl)s2)cs1. The van der Waals surface area contributed by atoms with Crippen molar-refractivity contribution in [1.29, 1.82) is 0 Å². The third kappa shape index (κ3) is 3.73. The van der Waals surface area contributed by atoms with Crippen LogP contribution >= 0.6 is 34.3 Å². The number of aromatic nitrogens is 1. The lowest BCUT2D eigenvalue weighted by atomic mass is 9.79. The zero-order valence-corrected chi connectivity index (χ0v) is 14.5. The molecule has 3 rings (SSSR count). The van der Waals surface area contributed by atoms with Crippen LogP contribution in [0.4, 0.5) is 5.13 Å². The van der Waals surface area contributed by atoms with Crippen molar-refractivity contribution in [2.45, 2.75) is 25.7 Å². The maximum absolute atomic E-state index is 12.4. The average molecular weight is 371 g/mol. The van der Waals surface area contributed by atoms with Crippen LogP contribution in [0.15, 0.2) is 17.5 Å². The molecule has 0 aromatic carbocycles. The lowest BCUT2D eigenvalue weighted by Gasteiger charge is -2.26. The molecule has 1 aliphatic carbocycles. The van der Waals surface area contributed by atoms with Gasteiger partial charge in [0.2, 0.25) is 5.91 Å². The van der Waals surface area contributed by atoms with Gasteiger partial charge in [-0.15, -0.1) is 22.7 Å². The topological polar surface area (TPSA) is 79.3 Å². The molecule has 1 amide bonds. The molecule has 2 aromatic heterocycles. The van der Waals surface area contributed by atoms with Crippen molar-refractivity contribution < 1.29 is 14.7 Å². The van der Waals surface area contributed by atoms with Crippen molar-refractivity contribution in [3.05, 3.63) is 21.8 Å². The number of nitrogens with zero attached hydrogens (tertiary/aromatic N) is 1. The van der Waals surface area contributed by atoms with Crippen LogP contribution in [0.1, 0.15) is 25.7 Å². The van der Waals surface area contributed by atoms with Gasteiger partial charge in [0.25, 0.3) is 0 Å². The van der Waals surface area contributed by atoms with E-state index in [4.69, 9.17) is 11.6 Å². The predicted molar refractivity (Wildman–Crippen MR) is 92.2 cm³/mol. The summed E-state index contributed by atoms with van der Waals surface area (Å²) in [6.07, 6.45) is 2.92. The van der Waals surface area contributed by atoms with Gasteiger partial charge >= 0.3 is 5.97 Å². The number of nitrogens with one attached hydrogen (secondary N) is 1. The number of carboxylic acids is 1. The summed E-state index contributed by atoms with van der Waals surface area (Å²) in [6.45, 7) is 0. The molecule has 8 heteroatoms. The number of thiophene rings is 1. The van der Waals surface area contributed by atoms with Gasteiger partial charge in [0.05, 0.1) is 26.7 Å². The molecule has 0 spiro atoms. The van der Waals surface area contributed by atoms with Crippen LogP contribution in [-0.2, 0) is 9.59 Å². The molecule has 2 N–H and O–H groups in total. The Balaban J connectivity index is 1.70. The zero-order chi connectivity index (χ0) is 16.4. The van der Waals surface area contributed by atoms with E-state index in [0.29, 0.717) is 22.3 Å². The standard InChI is InChI=1S/C15H15ClN2O3S2/c16-12-6-5-11(23-12)10-7-22-15(17-10)18-13(19)8-3-1-2-4-9(8)14(20)21/h5-9H,1-4H2,(H,20,21)(H,17,18,19)/t8-,9+/m1/s1. The summed E-state index contributed by atoms with van der Waals surface area (Å²) in [5.41, 5.74) is 0.764. The van der Waals surface area contributed by atoms with Crippen molar-refractivity contribution >= 4 is 51.3 Å². The summed E-state index contributed by atoms with van der Waals surface area (Å²) in [4.78, 5) is 29.0. The molecule has 0 radical (unpaired) electrons. The third-order valence-electron chi connectivity index (χ3n) is 3.98. The smallest absolute Gasteiger partial charge is 0.307 e. The maximum Gasteiger partial charge on any atom is 0.307 e. The second-order valence-electron chi connectivity index (χ2n) is 5.47. The van der Waals surface area contributed by atoms with Crippen molar-refractivity contribution in [2.24, 2.45) is 11.8 Å². The van der Waals surface area contributed by atoms with Crippen molar-refractivity contribution in [1.82, 2.24) is 4.98 Å². The molecule has 0 saturated heterocycles. The van der Waals surface area contributed by atoms with Crippen LogP contribution in [0.3, 0.4) is 0 Å². The van der Waals surface area contributed by atoms with E-state index in [1.54, 1.807) is 6.07 Å². The first-order valence-electron chi connectivity index (χ1n) is 7.29. The van der Waals surface area contributed by atoms with Gasteiger partial charge in [-0.1, -0.05) is 24.4 Å². The van der Waals surface area contributed by atoms with Gasteiger partial charge in [0, 0.05) is 5.38 Å². The second kappa shape index (κ2) is 6.98. The highest BCUT2D eigenvalue weighted by molar-refractivity contribution is 7.20. The summed E-state index contributed by atoms with van der Waals surface area (Å²) < 4.78 is 0.685. The van der Waals surface area contributed by atoms with E-state index in [9.17, 15) is 14.7 Å².